The summed E-state index contributed by atoms with van der Waals surface area (Å²) in [5.74, 6) is -0.685. The number of alkyl halides is 3. The number of rotatable bonds is 7. The molecule has 37 heavy (non-hydrogen) atoms. The van der Waals surface area contributed by atoms with E-state index >= 15 is 0 Å². The predicted octanol–water partition coefficient (Wildman–Crippen LogP) is 6.73. The summed E-state index contributed by atoms with van der Waals surface area (Å²) in [5.41, 5.74) is 0.318. The molecular weight excluding hydrogens is 525 g/mol. The average molecular weight is 553 g/mol. The van der Waals surface area contributed by atoms with E-state index in [9.17, 15) is 26.4 Å². The third kappa shape index (κ3) is 6.84. The Bertz CT molecular complexity index is 1350. The Morgan fingerprint density at radius 1 is 0.973 bits per heavy atom. The molecule has 3 rings (SSSR count). The molecule has 0 bridgehead atoms. The maximum atomic E-state index is 13.5. The molecule has 0 heterocycles. The smallest absolute Gasteiger partial charge is 0.348 e. The summed E-state index contributed by atoms with van der Waals surface area (Å²) in [6, 6.07) is 17.1. The van der Waals surface area contributed by atoms with E-state index in [1.807, 2.05) is 24.3 Å². The third-order valence-corrected chi connectivity index (χ3v) is 7.93. The third-order valence-electron chi connectivity index (χ3n) is 5.82. The van der Waals surface area contributed by atoms with Gasteiger partial charge in [-0.05, 0) is 53.8 Å². The summed E-state index contributed by atoms with van der Waals surface area (Å²) in [6.07, 6.45) is -4.81. The molecule has 0 spiro atoms. The maximum absolute atomic E-state index is 13.5. The van der Waals surface area contributed by atoms with Crippen molar-refractivity contribution in [1.82, 2.24) is 5.32 Å². The van der Waals surface area contributed by atoms with E-state index < -0.39 is 45.3 Å². The lowest BCUT2D eigenvalue weighted by atomic mass is 9.86. The molecule has 0 aromatic heterocycles. The molecule has 0 saturated carbocycles. The first-order valence-electron chi connectivity index (χ1n) is 11.4. The minimum atomic E-state index is -4.81. The zero-order valence-corrected chi connectivity index (χ0v) is 22.4. The number of carbonyl (C=O) groups is 1. The fourth-order valence-electron chi connectivity index (χ4n) is 3.69. The molecule has 0 aliphatic heterocycles. The molecule has 5 nitrogen and oxygen atoms in total. The molecule has 1 atom stereocenters. The minimum absolute atomic E-state index is 0.0504. The van der Waals surface area contributed by atoms with E-state index in [1.165, 1.54) is 24.3 Å². The van der Waals surface area contributed by atoms with Gasteiger partial charge in [-0.1, -0.05) is 74.8 Å². The minimum Gasteiger partial charge on any atom is -0.348 e. The summed E-state index contributed by atoms with van der Waals surface area (Å²) in [5, 5.41) is 2.16. The van der Waals surface area contributed by atoms with Gasteiger partial charge in [0.25, 0.3) is 10.0 Å². The van der Waals surface area contributed by atoms with Gasteiger partial charge in [0.15, 0.2) is 0 Å². The highest BCUT2D eigenvalue weighted by molar-refractivity contribution is 7.92. The quantitative estimate of drug-likeness (QED) is 0.353. The number of halogens is 4. The van der Waals surface area contributed by atoms with Crippen LogP contribution >= 0.6 is 11.6 Å². The van der Waals surface area contributed by atoms with Gasteiger partial charge in [-0.3, -0.25) is 9.10 Å². The zero-order valence-electron chi connectivity index (χ0n) is 20.8. The predicted molar refractivity (Wildman–Crippen MR) is 139 cm³/mol. The van der Waals surface area contributed by atoms with Crippen molar-refractivity contribution in [3.63, 3.8) is 0 Å². The van der Waals surface area contributed by atoms with Crippen LogP contribution in [0.5, 0.6) is 0 Å². The van der Waals surface area contributed by atoms with E-state index in [0.29, 0.717) is 10.4 Å². The molecule has 1 amide bonds. The fourth-order valence-corrected chi connectivity index (χ4v) is 5.35. The molecule has 0 fully saturated rings. The van der Waals surface area contributed by atoms with Gasteiger partial charge in [-0.15, -0.1) is 0 Å². The number of sulfonamides is 1. The van der Waals surface area contributed by atoms with Crippen LogP contribution in [-0.2, 0) is 26.4 Å². The first kappa shape index (κ1) is 28.5. The van der Waals surface area contributed by atoms with Gasteiger partial charge in [-0.2, -0.15) is 13.2 Å². The van der Waals surface area contributed by atoms with Crippen molar-refractivity contribution in [2.24, 2.45) is 0 Å². The Morgan fingerprint density at radius 2 is 1.57 bits per heavy atom. The van der Waals surface area contributed by atoms with E-state index in [1.54, 1.807) is 13.0 Å². The van der Waals surface area contributed by atoms with Crippen LogP contribution in [0.3, 0.4) is 0 Å². The summed E-state index contributed by atoms with van der Waals surface area (Å²) in [4.78, 5) is 12.8. The average Bonchev–Trinajstić information content (AvgIpc) is 2.82. The Balaban J connectivity index is 1.93. The second-order valence-corrected chi connectivity index (χ2v) is 11.9. The van der Waals surface area contributed by atoms with Gasteiger partial charge in [0.05, 0.1) is 27.2 Å². The van der Waals surface area contributed by atoms with Gasteiger partial charge < -0.3 is 5.32 Å². The Labute approximate surface area is 220 Å². The number of nitrogens with one attached hydrogen (secondary N) is 1. The van der Waals surface area contributed by atoms with E-state index in [0.717, 1.165) is 23.3 Å². The summed E-state index contributed by atoms with van der Waals surface area (Å²) >= 11 is 5.73. The van der Waals surface area contributed by atoms with Crippen LogP contribution in [0, 0.1) is 0 Å². The Kier molecular flexibility index (Phi) is 8.29. The van der Waals surface area contributed by atoms with Crippen molar-refractivity contribution in [2.75, 3.05) is 10.8 Å². The molecule has 0 aliphatic rings. The van der Waals surface area contributed by atoms with Crippen molar-refractivity contribution in [3.8, 4) is 0 Å². The van der Waals surface area contributed by atoms with Crippen LogP contribution in [0.4, 0.5) is 18.9 Å². The van der Waals surface area contributed by atoms with Crippen LogP contribution in [0.15, 0.2) is 77.7 Å². The van der Waals surface area contributed by atoms with Crippen molar-refractivity contribution < 1.29 is 26.4 Å². The summed E-state index contributed by atoms with van der Waals surface area (Å²) in [6.45, 7) is 7.24. The van der Waals surface area contributed by atoms with Crippen molar-refractivity contribution >= 4 is 33.2 Å². The Morgan fingerprint density at radius 3 is 2.11 bits per heavy atom. The molecule has 198 valence electrons. The molecule has 0 aliphatic carbocycles. The topological polar surface area (TPSA) is 66.5 Å². The first-order valence-corrected chi connectivity index (χ1v) is 13.3. The molecular formula is C27H28ClF3N2O3S. The monoisotopic (exact) mass is 552 g/mol. The number of nitrogens with zero attached hydrogens (tertiary/aromatic N) is 1. The number of hydrogen-bond donors (Lipinski definition) is 1. The maximum Gasteiger partial charge on any atom is 0.417 e. The van der Waals surface area contributed by atoms with Crippen molar-refractivity contribution in [1.29, 1.82) is 0 Å². The van der Waals surface area contributed by atoms with E-state index in [2.05, 4.69) is 26.1 Å². The molecule has 0 unspecified atom stereocenters. The SMILES string of the molecule is C[C@@H](NC(=O)CN(c1ccc(Cl)c(C(F)(F)F)c1)S(=O)(=O)c1ccccc1)c1ccc(C(C)(C)C)cc1. The molecule has 1 N–H and O–H groups in total. The molecule has 3 aromatic rings. The van der Waals surface area contributed by atoms with Crippen LogP contribution in [0.1, 0.15) is 50.4 Å². The molecule has 0 radical (unpaired) electrons. The number of amides is 1. The van der Waals surface area contributed by atoms with Gasteiger partial charge in [0.1, 0.15) is 6.54 Å². The van der Waals surface area contributed by atoms with E-state index in [4.69, 9.17) is 11.6 Å². The Hall–Kier alpha value is -3.04. The highest BCUT2D eigenvalue weighted by Crippen LogP contribution is 2.38. The molecule has 10 heteroatoms. The lowest BCUT2D eigenvalue weighted by Crippen LogP contribution is -2.41. The summed E-state index contributed by atoms with van der Waals surface area (Å²) < 4.78 is 68.0. The lowest BCUT2D eigenvalue weighted by Gasteiger charge is -2.26. The van der Waals surface area contributed by atoms with Crippen LogP contribution in [0.25, 0.3) is 0 Å². The van der Waals surface area contributed by atoms with Crippen LogP contribution in [-0.4, -0.2) is 20.9 Å². The standard InChI is InChI=1S/C27H28ClF3N2O3S/c1-18(19-10-12-20(13-11-19)26(2,3)4)32-25(34)17-33(37(35,36)22-8-6-5-7-9-22)21-14-15-24(28)23(16-21)27(29,30)31/h5-16,18H,17H2,1-4H3,(H,32,34)/t18-/m1/s1. The number of benzene rings is 3. The van der Waals surface area contributed by atoms with Crippen molar-refractivity contribution in [3.05, 3.63) is 94.5 Å². The second kappa shape index (κ2) is 10.8. The summed E-state index contributed by atoms with van der Waals surface area (Å²) in [7, 11) is -4.38. The largest absolute Gasteiger partial charge is 0.417 e. The van der Waals surface area contributed by atoms with Gasteiger partial charge in [0, 0.05) is 0 Å². The van der Waals surface area contributed by atoms with Crippen LogP contribution in [0.2, 0.25) is 5.02 Å². The number of carbonyl (C=O) groups excluding carboxylic acids is 1. The molecule has 0 saturated heterocycles. The zero-order chi connectivity index (χ0) is 27.6. The van der Waals surface area contributed by atoms with E-state index in [-0.39, 0.29) is 16.0 Å². The molecule has 3 aromatic carbocycles. The highest BCUT2D eigenvalue weighted by Gasteiger charge is 2.35. The first-order chi connectivity index (χ1) is 17.1. The van der Waals surface area contributed by atoms with Gasteiger partial charge >= 0.3 is 6.18 Å². The van der Waals surface area contributed by atoms with Crippen LogP contribution < -0.4 is 9.62 Å². The normalized spacial score (nSPS) is 13.2. The van der Waals surface area contributed by atoms with Gasteiger partial charge in [-0.25, -0.2) is 8.42 Å². The van der Waals surface area contributed by atoms with Crippen molar-refractivity contribution in [2.45, 2.75) is 50.2 Å². The number of hydrogen-bond acceptors (Lipinski definition) is 3. The number of anilines is 1. The highest BCUT2D eigenvalue weighted by atomic mass is 35.5. The fraction of sp³-hybridized carbons (Fsp3) is 0.296. The van der Waals surface area contributed by atoms with Gasteiger partial charge in [0.2, 0.25) is 5.91 Å². The second-order valence-electron chi connectivity index (χ2n) is 9.65. The lowest BCUT2D eigenvalue weighted by molar-refractivity contribution is -0.137.